The number of halogens is 2. The third-order valence-corrected chi connectivity index (χ3v) is 9.69. The molecule has 4 unspecified atom stereocenters. The van der Waals surface area contributed by atoms with E-state index in [4.69, 9.17) is 4.74 Å². The van der Waals surface area contributed by atoms with E-state index in [1.54, 1.807) is 13.0 Å². The molecular weight excluding hydrogens is 486 g/mol. The molecule has 0 saturated heterocycles. The van der Waals surface area contributed by atoms with Crippen LogP contribution < -0.4 is 4.74 Å². The fraction of sp³-hybridized carbons (Fsp3) is 0.611. The zero-order chi connectivity index (χ0) is 27.8. The number of aryl methyl sites for hydroxylation is 1. The minimum Gasteiger partial charge on any atom is -0.486 e. The van der Waals surface area contributed by atoms with Gasteiger partial charge in [0.2, 0.25) is 5.82 Å². The van der Waals surface area contributed by atoms with Crippen molar-refractivity contribution in [2.24, 2.45) is 29.6 Å². The molecule has 0 amide bonds. The summed E-state index contributed by atoms with van der Waals surface area (Å²) >= 11 is 0. The summed E-state index contributed by atoms with van der Waals surface area (Å²) in [5, 5.41) is 0. The van der Waals surface area contributed by atoms with Gasteiger partial charge in [0, 0.05) is 0 Å². The van der Waals surface area contributed by atoms with Gasteiger partial charge >= 0.3 is 0 Å². The van der Waals surface area contributed by atoms with Crippen LogP contribution in [-0.2, 0) is 6.61 Å². The zero-order valence-corrected chi connectivity index (χ0v) is 24.7. The summed E-state index contributed by atoms with van der Waals surface area (Å²) < 4.78 is 33.4. The molecule has 0 bridgehead atoms. The van der Waals surface area contributed by atoms with Gasteiger partial charge < -0.3 is 4.74 Å². The minimum atomic E-state index is -0.903. The van der Waals surface area contributed by atoms with Crippen LogP contribution in [0.4, 0.5) is 8.78 Å². The maximum absolute atomic E-state index is 14.1. The molecule has 2 aromatic rings. The third kappa shape index (κ3) is 7.74. The summed E-state index contributed by atoms with van der Waals surface area (Å²) in [6.45, 7) is 8.20. The highest BCUT2D eigenvalue weighted by Gasteiger charge is 2.38. The monoisotopic (exact) mass is 536 g/mol. The molecular formula is C36H50F2O. The Morgan fingerprint density at radius 2 is 1.33 bits per heavy atom. The van der Waals surface area contributed by atoms with Gasteiger partial charge in [-0.3, -0.25) is 0 Å². The van der Waals surface area contributed by atoms with Gasteiger partial charge in [0.05, 0.1) is 0 Å². The van der Waals surface area contributed by atoms with Gasteiger partial charge in [-0.05, 0) is 136 Å². The van der Waals surface area contributed by atoms with Crippen LogP contribution in [0.25, 0.3) is 0 Å². The predicted molar refractivity (Wildman–Crippen MR) is 159 cm³/mol. The van der Waals surface area contributed by atoms with Gasteiger partial charge in [-0.15, -0.1) is 0 Å². The van der Waals surface area contributed by atoms with Crippen molar-refractivity contribution < 1.29 is 13.5 Å². The van der Waals surface area contributed by atoms with Crippen molar-refractivity contribution in [1.82, 2.24) is 0 Å². The first-order chi connectivity index (χ1) is 18.9. The Hall–Kier alpha value is -2.16. The molecule has 1 nitrogen and oxygen atoms in total. The van der Waals surface area contributed by atoms with Gasteiger partial charge in [-0.1, -0.05) is 62.8 Å². The number of allylic oxidation sites excluding steroid dienone is 2. The second-order valence-electron chi connectivity index (χ2n) is 12.5. The summed E-state index contributed by atoms with van der Waals surface area (Å²) in [7, 11) is 0. The fourth-order valence-corrected chi connectivity index (χ4v) is 7.52. The lowest BCUT2D eigenvalue weighted by molar-refractivity contribution is 0.0748. The first kappa shape index (κ1) is 29.8. The average molecular weight is 537 g/mol. The van der Waals surface area contributed by atoms with E-state index in [1.165, 1.54) is 82.3 Å². The quantitative estimate of drug-likeness (QED) is 0.334. The van der Waals surface area contributed by atoms with Crippen LogP contribution in [0.15, 0.2) is 48.6 Å². The molecule has 0 aliphatic heterocycles. The van der Waals surface area contributed by atoms with Crippen LogP contribution in [0.5, 0.6) is 5.75 Å². The van der Waals surface area contributed by atoms with Gasteiger partial charge in [0.15, 0.2) is 11.6 Å². The maximum atomic E-state index is 14.1. The van der Waals surface area contributed by atoms with Crippen molar-refractivity contribution in [2.45, 2.75) is 111 Å². The molecule has 2 aromatic carbocycles. The van der Waals surface area contributed by atoms with E-state index < -0.39 is 11.6 Å². The lowest BCUT2D eigenvalue weighted by Gasteiger charge is -2.45. The molecule has 3 aliphatic rings. The summed E-state index contributed by atoms with van der Waals surface area (Å²) in [5.41, 5.74) is 2.70. The predicted octanol–water partition coefficient (Wildman–Crippen LogP) is 11.0. The molecule has 39 heavy (non-hydrogen) atoms. The first-order valence-corrected chi connectivity index (χ1v) is 15.7. The lowest BCUT2D eigenvalue weighted by Crippen LogP contribution is -2.34. The Labute approximate surface area is 236 Å². The topological polar surface area (TPSA) is 9.23 Å². The second kappa shape index (κ2) is 14.5. The number of hydrogen-bond acceptors (Lipinski definition) is 1. The fourth-order valence-electron chi connectivity index (χ4n) is 7.52. The summed E-state index contributed by atoms with van der Waals surface area (Å²) in [6.07, 6.45) is 20.0. The largest absolute Gasteiger partial charge is 0.486 e. The van der Waals surface area contributed by atoms with E-state index in [9.17, 15) is 8.78 Å². The van der Waals surface area contributed by atoms with Gasteiger partial charge in [-0.25, -0.2) is 4.39 Å². The van der Waals surface area contributed by atoms with E-state index >= 15 is 0 Å². The molecule has 5 rings (SSSR count). The summed E-state index contributed by atoms with van der Waals surface area (Å²) in [6, 6.07) is 11.7. The van der Waals surface area contributed by atoms with Crippen LogP contribution in [-0.4, -0.2) is 0 Å². The highest BCUT2D eigenvalue weighted by atomic mass is 19.2. The van der Waals surface area contributed by atoms with Crippen LogP contribution in [0.1, 0.15) is 114 Å². The molecule has 3 saturated carbocycles. The SMILES string of the molecule is C/C=C/C1CCC(C2CCC3CC(c4ccc(COc5ccc(C)c(F)c5F)cc4)CCC3C2)CC1.CCC. The van der Waals surface area contributed by atoms with Gasteiger partial charge in [0.25, 0.3) is 0 Å². The van der Waals surface area contributed by atoms with E-state index in [2.05, 4.69) is 57.2 Å². The van der Waals surface area contributed by atoms with Crippen LogP contribution in [0.3, 0.4) is 0 Å². The van der Waals surface area contributed by atoms with E-state index in [1.807, 2.05) is 0 Å². The van der Waals surface area contributed by atoms with Crippen molar-refractivity contribution in [1.29, 1.82) is 0 Å². The summed E-state index contributed by atoms with van der Waals surface area (Å²) in [5.74, 6) is 3.50. The number of hydrogen-bond donors (Lipinski definition) is 0. The van der Waals surface area contributed by atoms with Gasteiger partial charge in [0.1, 0.15) is 6.61 Å². The number of fused-ring (bicyclic) bond motifs is 1. The molecule has 3 aliphatic carbocycles. The summed E-state index contributed by atoms with van der Waals surface area (Å²) in [4.78, 5) is 0. The highest BCUT2D eigenvalue weighted by molar-refractivity contribution is 5.31. The zero-order valence-electron chi connectivity index (χ0n) is 24.7. The molecule has 0 radical (unpaired) electrons. The average Bonchev–Trinajstić information content (AvgIpc) is 2.96. The number of ether oxygens (including phenoxy) is 1. The Bertz CT molecular complexity index is 1050. The maximum Gasteiger partial charge on any atom is 0.200 e. The van der Waals surface area contributed by atoms with Crippen molar-refractivity contribution in [3.63, 3.8) is 0 Å². The molecule has 0 heterocycles. The minimum absolute atomic E-state index is 0.0260. The standard InChI is InChI=1S/C33H42F2O.C3H8/c1-3-4-23-6-10-25(11-7-23)27-14-16-30-20-28(15-17-29(30)19-27)26-12-8-24(9-13-26)21-36-31-18-5-22(2)32(34)33(31)35;1-3-2/h3-5,8-9,12-13,18,23,25,27-30H,6-7,10-11,14-17,19-21H2,1-2H3;3H2,1-2H3/b4-3+;. The van der Waals surface area contributed by atoms with Crippen molar-refractivity contribution >= 4 is 0 Å². The van der Waals surface area contributed by atoms with Crippen LogP contribution >= 0.6 is 0 Å². The highest BCUT2D eigenvalue weighted by Crippen LogP contribution is 2.51. The van der Waals surface area contributed by atoms with Crippen LogP contribution in [0.2, 0.25) is 0 Å². The van der Waals surface area contributed by atoms with Gasteiger partial charge in [-0.2, -0.15) is 4.39 Å². The van der Waals surface area contributed by atoms with E-state index in [0.29, 0.717) is 11.5 Å². The lowest BCUT2D eigenvalue weighted by atomic mass is 9.60. The Balaban J connectivity index is 0.00000112. The molecule has 0 spiro atoms. The van der Waals surface area contributed by atoms with Crippen molar-refractivity contribution in [2.75, 3.05) is 0 Å². The molecule has 0 N–H and O–H groups in total. The smallest absolute Gasteiger partial charge is 0.200 e. The Kier molecular flexibility index (Phi) is 11.1. The molecule has 4 atom stereocenters. The normalized spacial score (nSPS) is 28.9. The number of rotatable bonds is 6. The van der Waals surface area contributed by atoms with Crippen molar-refractivity contribution in [3.8, 4) is 5.75 Å². The Morgan fingerprint density at radius 3 is 2.00 bits per heavy atom. The molecule has 0 aromatic heterocycles. The van der Waals surface area contributed by atoms with E-state index in [-0.39, 0.29) is 12.4 Å². The van der Waals surface area contributed by atoms with Crippen LogP contribution in [0, 0.1) is 48.1 Å². The third-order valence-electron chi connectivity index (χ3n) is 9.69. The number of benzene rings is 2. The van der Waals surface area contributed by atoms with Crippen molar-refractivity contribution in [3.05, 3.63) is 76.9 Å². The molecule has 3 heteroatoms. The second-order valence-corrected chi connectivity index (χ2v) is 12.5. The molecule has 214 valence electrons. The molecule has 3 fully saturated rings. The van der Waals surface area contributed by atoms with E-state index in [0.717, 1.165) is 35.2 Å². The first-order valence-electron chi connectivity index (χ1n) is 15.7. The Morgan fingerprint density at radius 1 is 0.744 bits per heavy atom.